The van der Waals surface area contributed by atoms with Crippen molar-refractivity contribution in [3.63, 3.8) is 0 Å². The minimum absolute atomic E-state index is 0.0588. The van der Waals surface area contributed by atoms with Crippen LogP contribution in [0.5, 0.6) is 0 Å². The largest absolute Gasteiger partial charge is 0.383 e. The highest BCUT2D eigenvalue weighted by atomic mass is 79.9. The summed E-state index contributed by atoms with van der Waals surface area (Å²) in [6.07, 6.45) is 1.43. The summed E-state index contributed by atoms with van der Waals surface area (Å²) in [5.41, 5.74) is 0. The number of hydrogen-bond acceptors (Lipinski definition) is 4. The van der Waals surface area contributed by atoms with Crippen molar-refractivity contribution in [3.8, 4) is 0 Å². The zero-order valence-electron chi connectivity index (χ0n) is 9.28. The van der Waals surface area contributed by atoms with Crippen molar-refractivity contribution in [2.75, 3.05) is 13.7 Å². The normalized spacial score (nSPS) is 13.6. The Morgan fingerprint density at radius 1 is 1.65 bits per heavy atom. The lowest BCUT2D eigenvalue weighted by atomic mass is 10.4. The molecule has 0 aromatic carbocycles. The zero-order valence-corrected chi connectivity index (χ0v) is 12.4. The predicted molar refractivity (Wildman–Crippen MR) is 68.6 cm³/mol. The van der Waals surface area contributed by atoms with Crippen LogP contribution in [0, 0.1) is 0 Å². The number of rotatable bonds is 5. The minimum Gasteiger partial charge on any atom is -0.383 e. The molecule has 1 unspecified atom stereocenters. The molecule has 0 aliphatic rings. The summed E-state index contributed by atoms with van der Waals surface area (Å²) in [7, 11) is -2.19. The van der Waals surface area contributed by atoms with E-state index in [0.29, 0.717) is 4.47 Å². The lowest BCUT2D eigenvalue weighted by molar-refractivity contribution is 0.180. The quantitative estimate of drug-likeness (QED) is 0.828. The first-order chi connectivity index (χ1) is 7.86. The molecule has 0 bridgehead atoms. The summed E-state index contributed by atoms with van der Waals surface area (Å²) >= 11 is 8.91. The molecule has 17 heavy (non-hydrogen) atoms. The second-order valence-electron chi connectivity index (χ2n) is 3.42. The molecule has 1 aromatic rings. The molecule has 0 aliphatic carbocycles. The molecule has 1 heterocycles. The van der Waals surface area contributed by atoms with Crippen molar-refractivity contribution in [1.82, 2.24) is 9.71 Å². The van der Waals surface area contributed by atoms with Gasteiger partial charge in [-0.15, -0.1) is 0 Å². The molecule has 5 nitrogen and oxygen atoms in total. The van der Waals surface area contributed by atoms with E-state index in [2.05, 4.69) is 25.6 Å². The van der Waals surface area contributed by atoms with Gasteiger partial charge in [0.15, 0.2) is 0 Å². The molecule has 0 fully saturated rings. The number of hydrogen-bond donors (Lipinski definition) is 1. The lowest BCUT2D eigenvalue weighted by Crippen LogP contribution is -2.35. The topological polar surface area (TPSA) is 68.3 Å². The third-order valence-corrected chi connectivity index (χ3v) is 4.29. The van der Waals surface area contributed by atoms with Gasteiger partial charge in [-0.05, 0) is 28.9 Å². The molecule has 0 radical (unpaired) electrons. The van der Waals surface area contributed by atoms with Crippen molar-refractivity contribution >= 4 is 37.6 Å². The van der Waals surface area contributed by atoms with E-state index < -0.39 is 10.0 Å². The molecular formula is C9H12BrClN2O3S. The fourth-order valence-corrected chi connectivity index (χ4v) is 3.38. The molecule has 1 N–H and O–H groups in total. The standard InChI is InChI=1S/C9H12BrClN2O3S/c1-6(5-16-2)13-17(14,15)8-3-7(10)4-12-9(8)11/h3-4,6,13H,5H2,1-2H3. The summed E-state index contributed by atoms with van der Waals surface area (Å²) in [5.74, 6) is 0. The number of aromatic nitrogens is 1. The monoisotopic (exact) mass is 342 g/mol. The van der Waals surface area contributed by atoms with Crippen LogP contribution in [0.2, 0.25) is 5.15 Å². The molecule has 1 rings (SSSR count). The van der Waals surface area contributed by atoms with Gasteiger partial charge in [0, 0.05) is 23.8 Å². The average Bonchev–Trinajstić information content (AvgIpc) is 2.21. The number of nitrogens with one attached hydrogen (secondary N) is 1. The fraction of sp³-hybridized carbons (Fsp3) is 0.444. The van der Waals surface area contributed by atoms with Crippen molar-refractivity contribution in [3.05, 3.63) is 21.9 Å². The van der Waals surface area contributed by atoms with E-state index in [0.717, 1.165) is 0 Å². The Labute approximate surface area is 114 Å². The van der Waals surface area contributed by atoms with Crippen molar-refractivity contribution in [1.29, 1.82) is 0 Å². The van der Waals surface area contributed by atoms with Gasteiger partial charge in [-0.1, -0.05) is 11.6 Å². The van der Waals surface area contributed by atoms with E-state index in [-0.39, 0.29) is 22.7 Å². The fourth-order valence-electron chi connectivity index (χ4n) is 1.20. The highest BCUT2D eigenvalue weighted by Crippen LogP contribution is 2.22. The van der Waals surface area contributed by atoms with Crippen LogP contribution >= 0.6 is 27.5 Å². The molecule has 0 spiro atoms. The summed E-state index contributed by atoms with van der Waals surface area (Å²) in [6.45, 7) is 1.97. The maximum Gasteiger partial charge on any atom is 0.243 e. The number of ether oxygens (including phenoxy) is 1. The van der Waals surface area contributed by atoms with E-state index in [1.54, 1.807) is 6.92 Å². The van der Waals surface area contributed by atoms with E-state index in [9.17, 15) is 8.42 Å². The number of pyridine rings is 1. The van der Waals surface area contributed by atoms with E-state index in [1.165, 1.54) is 19.4 Å². The first-order valence-electron chi connectivity index (χ1n) is 4.69. The maximum absolute atomic E-state index is 12.0. The van der Waals surface area contributed by atoms with Crippen LogP contribution in [0.1, 0.15) is 6.92 Å². The molecular weight excluding hydrogens is 332 g/mol. The number of halogens is 2. The Bertz CT molecular complexity index is 495. The highest BCUT2D eigenvalue weighted by molar-refractivity contribution is 9.10. The second kappa shape index (κ2) is 6.10. The highest BCUT2D eigenvalue weighted by Gasteiger charge is 2.21. The van der Waals surface area contributed by atoms with Gasteiger partial charge in [-0.3, -0.25) is 0 Å². The first-order valence-corrected chi connectivity index (χ1v) is 7.34. The minimum atomic E-state index is -3.69. The van der Waals surface area contributed by atoms with E-state index in [4.69, 9.17) is 16.3 Å². The predicted octanol–water partition coefficient (Wildman–Crippen LogP) is 1.81. The smallest absolute Gasteiger partial charge is 0.243 e. The molecule has 1 aromatic heterocycles. The SMILES string of the molecule is COCC(C)NS(=O)(=O)c1cc(Br)cnc1Cl. The zero-order chi connectivity index (χ0) is 13.1. The van der Waals surface area contributed by atoms with Gasteiger partial charge in [0.05, 0.1) is 6.61 Å². The van der Waals surface area contributed by atoms with Gasteiger partial charge in [-0.25, -0.2) is 18.1 Å². The Morgan fingerprint density at radius 3 is 2.88 bits per heavy atom. The molecule has 0 amide bonds. The molecule has 8 heteroatoms. The van der Waals surface area contributed by atoms with Gasteiger partial charge < -0.3 is 4.74 Å². The second-order valence-corrected chi connectivity index (χ2v) is 6.38. The summed E-state index contributed by atoms with van der Waals surface area (Å²) < 4.78 is 31.8. The van der Waals surface area contributed by atoms with Crippen LogP contribution in [0.15, 0.2) is 21.6 Å². The van der Waals surface area contributed by atoms with Crippen LogP contribution in [0.4, 0.5) is 0 Å². The van der Waals surface area contributed by atoms with Crippen LogP contribution in [0.3, 0.4) is 0 Å². The van der Waals surface area contributed by atoms with Crippen molar-refractivity contribution in [2.45, 2.75) is 17.9 Å². The molecule has 96 valence electrons. The van der Waals surface area contributed by atoms with Crippen molar-refractivity contribution < 1.29 is 13.2 Å². The van der Waals surface area contributed by atoms with Gasteiger partial charge in [0.1, 0.15) is 10.0 Å². The van der Waals surface area contributed by atoms with Gasteiger partial charge in [0.25, 0.3) is 0 Å². The van der Waals surface area contributed by atoms with E-state index in [1.807, 2.05) is 0 Å². The number of sulfonamides is 1. The van der Waals surface area contributed by atoms with Gasteiger partial charge in [0.2, 0.25) is 10.0 Å². The summed E-state index contributed by atoms with van der Waals surface area (Å²) in [6, 6.07) is 1.05. The lowest BCUT2D eigenvalue weighted by Gasteiger charge is -2.13. The Balaban J connectivity index is 3.01. The summed E-state index contributed by atoms with van der Waals surface area (Å²) in [4.78, 5) is 3.71. The molecule has 0 saturated heterocycles. The molecule has 0 saturated carbocycles. The van der Waals surface area contributed by atoms with Crippen LogP contribution in [-0.2, 0) is 14.8 Å². The van der Waals surface area contributed by atoms with Crippen LogP contribution in [0.25, 0.3) is 0 Å². The van der Waals surface area contributed by atoms with Gasteiger partial charge in [-0.2, -0.15) is 0 Å². The van der Waals surface area contributed by atoms with Crippen LogP contribution < -0.4 is 4.72 Å². The van der Waals surface area contributed by atoms with Crippen molar-refractivity contribution in [2.24, 2.45) is 0 Å². The van der Waals surface area contributed by atoms with Gasteiger partial charge >= 0.3 is 0 Å². The van der Waals surface area contributed by atoms with Crippen LogP contribution in [-0.4, -0.2) is 33.2 Å². The average molecular weight is 344 g/mol. The Hall–Kier alpha value is -0.210. The third-order valence-electron chi connectivity index (χ3n) is 1.84. The third kappa shape index (κ3) is 4.18. The number of nitrogens with zero attached hydrogens (tertiary/aromatic N) is 1. The Morgan fingerprint density at radius 2 is 2.29 bits per heavy atom. The first kappa shape index (κ1) is 14.8. The van der Waals surface area contributed by atoms with E-state index >= 15 is 0 Å². The number of methoxy groups -OCH3 is 1. The molecule has 0 aliphatic heterocycles. The summed E-state index contributed by atoms with van der Waals surface area (Å²) in [5, 5.41) is -0.0645. The maximum atomic E-state index is 12.0. The molecule has 1 atom stereocenters. The Kier molecular flexibility index (Phi) is 5.33.